The van der Waals surface area contributed by atoms with Gasteiger partial charge in [0.1, 0.15) is 0 Å². The minimum atomic E-state index is 0. The molecule has 0 amide bonds. The number of quaternary nitrogens is 2. The molecule has 2 rings (SSSR count). The van der Waals surface area contributed by atoms with Gasteiger partial charge in [-0.05, 0) is 25.7 Å². The molecule has 23 heavy (non-hydrogen) atoms. The monoisotopic (exact) mass is 370 g/mol. The van der Waals surface area contributed by atoms with Crippen LogP contribution in [0.1, 0.15) is 51.4 Å². The van der Waals surface area contributed by atoms with E-state index in [0.717, 1.165) is 20.8 Å². The van der Waals surface area contributed by atoms with Crippen molar-refractivity contribution in [1.82, 2.24) is 0 Å². The molecule has 0 unspecified atom stereocenters. The van der Waals surface area contributed by atoms with Gasteiger partial charge in [0, 0.05) is 11.8 Å². The summed E-state index contributed by atoms with van der Waals surface area (Å²) in [4.78, 5) is 0. The Morgan fingerprint density at radius 2 is 0.783 bits per heavy atom. The van der Waals surface area contributed by atoms with Gasteiger partial charge in [-0.25, -0.2) is 0 Å². The number of rotatable bonds is 4. The third-order valence-corrected chi connectivity index (χ3v) is 4.56. The zero-order chi connectivity index (χ0) is 15.2. The van der Waals surface area contributed by atoms with Gasteiger partial charge in [-0.15, -0.1) is 0 Å². The molecule has 0 heterocycles. The quantitative estimate of drug-likeness (QED) is 0.383. The average molecular weight is 370 g/mol. The fourth-order valence-electron chi connectivity index (χ4n) is 3.94. The fraction of sp³-hybridized carbons (Fsp3) is 0.900. The van der Waals surface area contributed by atoms with Gasteiger partial charge in [0.15, 0.2) is 0 Å². The Morgan fingerprint density at radius 1 is 0.565 bits per heavy atom. The smallest absolute Gasteiger partial charge is 0.358 e. The first kappa shape index (κ1) is 28.3. The minimum Gasteiger partial charge on any atom is -0.358 e. The van der Waals surface area contributed by atoms with E-state index in [1.165, 1.54) is 64.5 Å². The van der Waals surface area contributed by atoms with Crippen LogP contribution in [0.4, 0.5) is 0 Å². The van der Waals surface area contributed by atoms with Gasteiger partial charge in [-0.3, -0.25) is 0 Å². The molecule has 2 aliphatic carbocycles. The van der Waals surface area contributed by atoms with Crippen LogP contribution in [0.5, 0.6) is 0 Å². The van der Waals surface area contributed by atoms with Gasteiger partial charge < -0.3 is 23.8 Å². The molecule has 0 aromatic carbocycles. The predicted molar refractivity (Wildman–Crippen MR) is 103 cm³/mol. The van der Waals surface area contributed by atoms with E-state index in [4.69, 9.17) is 0 Å². The summed E-state index contributed by atoms with van der Waals surface area (Å²) in [6.07, 6.45) is 11.8. The molecule has 2 aliphatic rings. The minimum absolute atomic E-state index is 0. The Labute approximate surface area is 159 Å². The van der Waals surface area contributed by atoms with Crippen LogP contribution >= 0.6 is 0 Å². The third kappa shape index (κ3) is 15.7. The fourth-order valence-corrected chi connectivity index (χ4v) is 3.94. The van der Waals surface area contributed by atoms with E-state index in [0.29, 0.717) is 0 Å². The molecule has 0 aromatic heterocycles. The molecule has 0 atom stereocenters. The van der Waals surface area contributed by atoms with Gasteiger partial charge in [0.25, 0.3) is 0 Å². The molecule has 0 aromatic rings. The van der Waals surface area contributed by atoms with Crippen molar-refractivity contribution < 1.29 is 26.0 Å². The van der Waals surface area contributed by atoms with E-state index in [9.17, 15) is 0 Å². The van der Waals surface area contributed by atoms with Crippen LogP contribution in [0, 0.1) is 26.7 Å². The number of hydrogen-bond donors (Lipinski definition) is 0. The summed E-state index contributed by atoms with van der Waals surface area (Å²) >= 11 is 0. The molecule has 3 heteroatoms. The Morgan fingerprint density at radius 3 is 0.957 bits per heavy atom. The maximum absolute atomic E-state index is 2.29. The molecule has 2 nitrogen and oxygen atoms in total. The Hall–Kier alpha value is 0.439. The first-order valence-electron chi connectivity index (χ1n) is 8.77. The Balaban J connectivity index is -0.000000308. The van der Waals surface area contributed by atoms with Crippen LogP contribution in [-0.4, -0.2) is 64.3 Å². The summed E-state index contributed by atoms with van der Waals surface area (Å²) < 4.78 is 2.29. The maximum Gasteiger partial charge on any atom is 2.00 e. The molecule has 2 fully saturated rings. The van der Waals surface area contributed by atoms with Crippen LogP contribution in [0.25, 0.3) is 0 Å². The van der Waals surface area contributed by atoms with E-state index in [2.05, 4.69) is 42.3 Å². The van der Waals surface area contributed by atoms with Gasteiger partial charge in [-0.2, -0.15) is 0 Å². The summed E-state index contributed by atoms with van der Waals surface area (Å²) in [7, 11) is 13.7. The summed E-state index contributed by atoms with van der Waals surface area (Å²) in [5, 5.41) is 0. The van der Waals surface area contributed by atoms with Crippen LogP contribution in [0.3, 0.4) is 0 Å². The van der Waals surface area contributed by atoms with E-state index < -0.39 is 0 Å². The second-order valence-electron chi connectivity index (χ2n) is 9.25. The summed E-state index contributed by atoms with van der Waals surface area (Å²) in [5.74, 6) is 2.06. The van der Waals surface area contributed by atoms with Crippen molar-refractivity contribution in [2.45, 2.75) is 51.4 Å². The average Bonchev–Trinajstić information content (AvgIpc) is 2.87. The molecule has 0 bridgehead atoms. The molecular formula is C20H46FeN2+2. The zero-order valence-corrected chi connectivity index (χ0v) is 18.6. The van der Waals surface area contributed by atoms with Crippen molar-refractivity contribution in [3.05, 3.63) is 14.9 Å². The van der Waals surface area contributed by atoms with Gasteiger partial charge in [-0.1, -0.05) is 25.7 Å². The SMILES string of the molecule is C[N+](C)(C)CC1CCCC1.C[N+](C)(C)CC1CCCC1.[CH3-].[CH3-].[Fe+2]. The van der Waals surface area contributed by atoms with Crippen molar-refractivity contribution in [2.75, 3.05) is 55.4 Å². The number of hydrogen-bond acceptors (Lipinski definition) is 0. The molecule has 0 radical (unpaired) electrons. The van der Waals surface area contributed by atoms with Crippen molar-refractivity contribution in [2.24, 2.45) is 11.8 Å². The van der Waals surface area contributed by atoms with Crippen molar-refractivity contribution in [1.29, 1.82) is 0 Å². The standard InChI is InChI=1S/2C9H20N.2CH3.Fe/c2*1-10(2,3)8-9-6-4-5-7-9;;;/h2*9H,4-8H2,1-3H3;2*1H3;/q2*+1;2*-1;+2. The first-order chi connectivity index (χ1) is 9.16. The van der Waals surface area contributed by atoms with Gasteiger partial charge in [0.05, 0.1) is 55.4 Å². The van der Waals surface area contributed by atoms with E-state index >= 15 is 0 Å². The molecule has 142 valence electrons. The molecule has 0 N–H and O–H groups in total. The zero-order valence-electron chi connectivity index (χ0n) is 17.5. The molecule has 0 saturated heterocycles. The van der Waals surface area contributed by atoms with Crippen LogP contribution < -0.4 is 0 Å². The maximum atomic E-state index is 2.29. The predicted octanol–water partition coefficient (Wildman–Crippen LogP) is 4.66. The Kier molecular flexibility index (Phi) is 15.7. The third-order valence-electron chi connectivity index (χ3n) is 4.56. The summed E-state index contributed by atoms with van der Waals surface area (Å²) in [6.45, 7) is 2.75. The van der Waals surface area contributed by atoms with Crippen molar-refractivity contribution >= 4 is 0 Å². The van der Waals surface area contributed by atoms with Crippen LogP contribution in [0.2, 0.25) is 0 Å². The normalized spacial score (nSPS) is 19.0. The van der Waals surface area contributed by atoms with Gasteiger partial charge in [0.2, 0.25) is 0 Å². The molecule has 2 saturated carbocycles. The second kappa shape index (κ2) is 12.8. The van der Waals surface area contributed by atoms with Crippen LogP contribution in [-0.2, 0) is 17.1 Å². The largest absolute Gasteiger partial charge is 2.00 e. The van der Waals surface area contributed by atoms with Crippen molar-refractivity contribution in [3.8, 4) is 0 Å². The van der Waals surface area contributed by atoms with Gasteiger partial charge >= 0.3 is 17.1 Å². The first-order valence-corrected chi connectivity index (χ1v) is 8.77. The topological polar surface area (TPSA) is 0 Å². The number of nitrogens with zero attached hydrogens (tertiary/aromatic N) is 2. The van der Waals surface area contributed by atoms with E-state index in [1.807, 2.05) is 0 Å². The molecular weight excluding hydrogens is 324 g/mol. The van der Waals surface area contributed by atoms with E-state index in [-0.39, 0.29) is 31.9 Å². The molecule has 0 aliphatic heterocycles. The summed E-state index contributed by atoms with van der Waals surface area (Å²) in [6, 6.07) is 0. The van der Waals surface area contributed by atoms with Crippen LogP contribution in [0.15, 0.2) is 0 Å². The Bertz CT molecular complexity index is 226. The summed E-state index contributed by atoms with van der Waals surface area (Å²) in [5.41, 5.74) is 0. The van der Waals surface area contributed by atoms with Crippen molar-refractivity contribution in [3.63, 3.8) is 0 Å². The molecule has 0 spiro atoms. The van der Waals surface area contributed by atoms with E-state index in [1.54, 1.807) is 0 Å². The second-order valence-corrected chi connectivity index (χ2v) is 9.25.